The first-order chi connectivity index (χ1) is 9.10. The van der Waals surface area contributed by atoms with E-state index >= 15 is 0 Å². The predicted octanol–water partition coefficient (Wildman–Crippen LogP) is 2.07. The van der Waals surface area contributed by atoms with Crippen molar-refractivity contribution in [3.63, 3.8) is 0 Å². The molecule has 5 nitrogen and oxygen atoms in total. The average Bonchev–Trinajstić information content (AvgIpc) is 2.42. The van der Waals surface area contributed by atoms with Crippen LogP contribution in [-0.2, 0) is 0 Å². The monoisotopic (exact) mass is 262 g/mol. The molecule has 1 fully saturated rings. The Labute approximate surface area is 114 Å². The van der Waals surface area contributed by atoms with Crippen LogP contribution in [0.4, 0.5) is 5.82 Å². The molecule has 104 valence electrons. The van der Waals surface area contributed by atoms with Gasteiger partial charge in [0.2, 0.25) is 0 Å². The van der Waals surface area contributed by atoms with E-state index < -0.39 is 0 Å². The molecule has 1 aliphatic rings. The summed E-state index contributed by atoms with van der Waals surface area (Å²) in [6.07, 6.45) is 3.67. The van der Waals surface area contributed by atoms with Crippen molar-refractivity contribution < 1.29 is 4.79 Å². The quantitative estimate of drug-likeness (QED) is 0.875. The number of rotatable bonds is 3. The van der Waals surface area contributed by atoms with E-state index in [1.54, 1.807) is 13.1 Å². The average molecular weight is 262 g/mol. The SMILES string of the molecule is CNC(=O)c1ccc(NC2CCC(C)CC2C)nn1. The molecule has 0 radical (unpaired) electrons. The molecule has 1 aromatic heterocycles. The van der Waals surface area contributed by atoms with Crippen molar-refractivity contribution >= 4 is 11.7 Å². The van der Waals surface area contributed by atoms with Crippen molar-refractivity contribution in [2.45, 2.75) is 39.2 Å². The molecule has 1 saturated carbocycles. The first-order valence-electron chi connectivity index (χ1n) is 6.92. The van der Waals surface area contributed by atoms with Crippen LogP contribution in [0.1, 0.15) is 43.6 Å². The number of hydrogen-bond donors (Lipinski definition) is 2. The van der Waals surface area contributed by atoms with E-state index in [9.17, 15) is 4.79 Å². The first-order valence-corrected chi connectivity index (χ1v) is 6.92. The van der Waals surface area contributed by atoms with E-state index in [-0.39, 0.29) is 5.91 Å². The Morgan fingerprint density at radius 1 is 1.26 bits per heavy atom. The Bertz CT molecular complexity index is 432. The number of nitrogens with zero attached hydrogens (tertiary/aromatic N) is 2. The van der Waals surface area contributed by atoms with E-state index in [0.717, 1.165) is 11.7 Å². The molecular weight excluding hydrogens is 240 g/mol. The second-order valence-corrected chi connectivity index (χ2v) is 5.53. The molecular formula is C14H22N4O. The molecule has 0 aliphatic heterocycles. The largest absolute Gasteiger partial charge is 0.366 e. The molecule has 0 spiro atoms. The highest BCUT2D eigenvalue weighted by Crippen LogP contribution is 2.30. The molecule has 5 heteroatoms. The van der Waals surface area contributed by atoms with Gasteiger partial charge < -0.3 is 10.6 Å². The zero-order valence-electron chi connectivity index (χ0n) is 11.8. The molecule has 2 N–H and O–H groups in total. The number of anilines is 1. The number of aromatic nitrogens is 2. The summed E-state index contributed by atoms with van der Waals surface area (Å²) in [6, 6.07) is 3.98. The highest BCUT2D eigenvalue weighted by atomic mass is 16.1. The maximum Gasteiger partial charge on any atom is 0.271 e. The lowest BCUT2D eigenvalue weighted by atomic mass is 9.80. The van der Waals surface area contributed by atoms with Gasteiger partial charge in [0.25, 0.3) is 5.91 Å². The molecule has 1 aliphatic carbocycles. The molecule has 0 saturated heterocycles. The van der Waals surface area contributed by atoms with E-state index in [4.69, 9.17) is 0 Å². The van der Waals surface area contributed by atoms with Crippen LogP contribution in [0.25, 0.3) is 0 Å². The second kappa shape index (κ2) is 5.99. The predicted molar refractivity (Wildman–Crippen MR) is 75.0 cm³/mol. The van der Waals surface area contributed by atoms with Crippen LogP contribution < -0.4 is 10.6 Å². The van der Waals surface area contributed by atoms with Crippen molar-refractivity contribution in [1.82, 2.24) is 15.5 Å². The smallest absolute Gasteiger partial charge is 0.271 e. The second-order valence-electron chi connectivity index (χ2n) is 5.53. The van der Waals surface area contributed by atoms with Gasteiger partial charge in [-0.1, -0.05) is 13.8 Å². The lowest BCUT2D eigenvalue weighted by Crippen LogP contribution is -2.33. The molecule has 3 atom stereocenters. The minimum atomic E-state index is -0.209. The summed E-state index contributed by atoms with van der Waals surface area (Å²) in [4.78, 5) is 11.4. The highest BCUT2D eigenvalue weighted by Gasteiger charge is 2.25. The van der Waals surface area contributed by atoms with Gasteiger partial charge in [-0.15, -0.1) is 10.2 Å². The Balaban J connectivity index is 1.98. The Morgan fingerprint density at radius 3 is 2.63 bits per heavy atom. The molecule has 1 heterocycles. The van der Waals surface area contributed by atoms with E-state index in [1.807, 2.05) is 6.07 Å². The van der Waals surface area contributed by atoms with Crippen LogP contribution in [-0.4, -0.2) is 29.2 Å². The van der Waals surface area contributed by atoms with E-state index in [2.05, 4.69) is 34.7 Å². The molecule has 0 aromatic carbocycles. The lowest BCUT2D eigenvalue weighted by Gasteiger charge is -2.33. The number of carbonyl (C=O) groups excluding carboxylic acids is 1. The highest BCUT2D eigenvalue weighted by molar-refractivity contribution is 5.91. The van der Waals surface area contributed by atoms with Crippen molar-refractivity contribution in [1.29, 1.82) is 0 Å². The number of carbonyl (C=O) groups is 1. The van der Waals surface area contributed by atoms with Gasteiger partial charge in [0.1, 0.15) is 5.82 Å². The van der Waals surface area contributed by atoms with Crippen LogP contribution in [0.3, 0.4) is 0 Å². The normalized spacial score (nSPS) is 26.8. The summed E-state index contributed by atoms with van der Waals surface area (Å²) in [5, 5.41) is 14.0. The van der Waals surface area contributed by atoms with E-state index in [1.165, 1.54) is 19.3 Å². The zero-order chi connectivity index (χ0) is 13.8. The first kappa shape index (κ1) is 13.8. The summed E-state index contributed by atoms with van der Waals surface area (Å²) in [5.74, 6) is 2.00. The van der Waals surface area contributed by atoms with E-state index in [0.29, 0.717) is 17.7 Å². The molecule has 1 amide bonds. The van der Waals surface area contributed by atoms with Crippen LogP contribution >= 0.6 is 0 Å². The van der Waals surface area contributed by atoms with Crippen molar-refractivity contribution in [2.24, 2.45) is 11.8 Å². The molecule has 19 heavy (non-hydrogen) atoms. The minimum Gasteiger partial charge on any atom is -0.366 e. The maximum atomic E-state index is 11.4. The van der Waals surface area contributed by atoms with Gasteiger partial charge in [0.05, 0.1) is 0 Å². The van der Waals surface area contributed by atoms with Crippen LogP contribution in [0.2, 0.25) is 0 Å². The van der Waals surface area contributed by atoms with Gasteiger partial charge in [0.15, 0.2) is 5.69 Å². The third-order valence-corrected chi connectivity index (χ3v) is 3.89. The third kappa shape index (κ3) is 3.43. The minimum absolute atomic E-state index is 0.209. The molecule has 3 unspecified atom stereocenters. The van der Waals surface area contributed by atoms with Crippen molar-refractivity contribution in [3.8, 4) is 0 Å². The summed E-state index contributed by atoms with van der Waals surface area (Å²) in [7, 11) is 1.58. The van der Waals surface area contributed by atoms with Gasteiger partial charge in [-0.25, -0.2) is 0 Å². The topological polar surface area (TPSA) is 66.9 Å². The fourth-order valence-corrected chi connectivity index (χ4v) is 2.73. The summed E-state index contributed by atoms with van der Waals surface area (Å²) in [5.41, 5.74) is 0.346. The van der Waals surface area contributed by atoms with Gasteiger partial charge in [-0.05, 0) is 43.2 Å². The standard InChI is InChI=1S/C14H22N4O/c1-9-4-5-11(10(2)8-9)16-13-7-6-12(17-18-13)14(19)15-3/h6-7,9-11H,4-5,8H2,1-3H3,(H,15,19)(H,16,18). The fourth-order valence-electron chi connectivity index (χ4n) is 2.73. The number of amides is 1. The van der Waals surface area contributed by atoms with Crippen molar-refractivity contribution in [2.75, 3.05) is 12.4 Å². The van der Waals surface area contributed by atoms with Crippen molar-refractivity contribution in [3.05, 3.63) is 17.8 Å². The number of hydrogen-bond acceptors (Lipinski definition) is 4. The van der Waals surface area contributed by atoms with Gasteiger partial charge in [0, 0.05) is 13.1 Å². The Hall–Kier alpha value is -1.65. The number of nitrogens with one attached hydrogen (secondary N) is 2. The summed E-state index contributed by atoms with van der Waals surface area (Å²) < 4.78 is 0. The van der Waals surface area contributed by atoms with Crippen LogP contribution in [0, 0.1) is 11.8 Å². The van der Waals surface area contributed by atoms with Crippen LogP contribution in [0.5, 0.6) is 0 Å². The fraction of sp³-hybridized carbons (Fsp3) is 0.643. The Kier molecular flexibility index (Phi) is 4.35. The van der Waals surface area contributed by atoms with Gasteiger partial charge in [-0.2, -0.15) is 0 Å². The third-order valence-electron chi connectivity index (χ3n) is 3.89. The molecule has 1 aromatic rings. The molecule has 2 rings (SSSR count). The summed E-state index contributed by atoms with van der Waals surface area (Å²) >= 11 is 0. The van der Waals surface area contributed by atoms with Gasteiger partial charge in [-0.3, -0.25) is 4.79 Å². The zero-order valence-corrected chi connectivity index (χ0v) is 11.8. The molecule has 0 bridgehead atoms. The van der Waals surface area contributed by atoms with Gasteiger partial charge >= 0.3 is 0 Å². The summed E-state index contributed by atoms with van der Waals surface area (Å²) in [6.45, 7) is 4.59. The Morgan fingerprint density at radius 2 is 2.05 bits per heavy atom. The lowest BCUT2D eigenvalue weighted by molar-refractivity contribution is 0.0957. The van der Waals surface area contributed by atoms with Crippen LogP contribution in [0.15, 0.2) is 12.1 Å². The maximum absolute atomic E-state index is 11.4.